The summed E-state index contributed by atoms with van der Waals surface area (Å²) in [6.45, 7) is 0.765. The Morgan fingerprint density at radius 3 is 2.91 bits per heavy atom. The lowest BCUT2D eigenvalue weighted by Gasteiger charge is -2.23. The Morgan fingerprint density at radius 1 is 1.41 bits per heavy atom. The van der Waals surface area contributed by atoms with Gasteiger partial charge in [0.05, 0.1) is 11.4 Å². The van der Waals surface area contributed by atoms with Gasteiger partial charge in [0.1, 0.15) is 16.7 Å². The van der Waals surface area contributed by atoms with E-state index in [-0.39, 0.29) is 0 Å². The summed E-state index contributed by atoms with van der Waals surface area (Å²) in [4.78, 5) is 12.2. The number of thiophene rings is 1. The van der Waals surface area contributed by atoms with Crippen LogP contribution in [0.3, 0.4) is 0 Å². The predicted molar refractivity (Wildman–Crippen MR) is 93.2 cm³/mol. The van der Waals surface area contributed by atoms with Gasteiger partial charge >= 0.3 is 0 Å². The van der Waals surface area contributed by atoms with Gasteiger partial charge in [0.2, 0.25) is 0 Å². The summed E-state index contributed by atoms with van der Waals surface area (Å²) in [6, 6.07) is 4.53. The van der Waals surface area contributed by atoms with Crippen molar-refractivity contribution in [1.82, 2.24) is 24.6 Å². The molecule has 3 aromatic rings. The van der Waals surface area contributed by atoms with Gasteiger partial charge in [-0.25, -0.2) is 14.6 Å². The van der Waals surface area contributed by atoms with Gasteiger partial charge in [-0.3, -0.25) is 0 Å². The molecule has 0 radical (unpaired) electrons. The Hall–Kier alpha value is -1.51. The van der Waals surface area contributed by atoms with Crippen LogP contribution in [0.15, 0.2) is 28.4 Å². The van der Waals surface area contributed by atoms with E-state index in [0.717, 1.165) is 28.0 Å². The fraction of sp³-hybridized carbons (Fsp3) is 0.357. The minimum atomic E-state index is 0.292. The molecule has 0 aliphatic rings. The fourth-order valence-corrected chi connectivity index (χ4v) is 3.91. The number of fused-ring (bicyclic) bond motifs is 1. The lowest BCUT2D eigenvalue weighted by atomic mass is 10.2. The average Bonchev–Trinajstić information content (AvgIpc) is 3.09. The van der Waals surface area contributed by atoms with Gasteiger partial charge in [-0.2, -0.15) is 5.10 Å². The summed E-state index contributed by atoms with van der Waals surface area (Å²) >= 11 is 5.25. The van der Waals surface area contributed by atoms with E-state index in [2.05, 4.69) is 72.8 Å². The summed E-state index contributed by atoms with van der Waals surface area (Å²) in [5.74, 6) is 0.799. The summed E-state index contributed by atoms with van der Waals surface area (Å²) in [6.07, 6.45) is 1.56. The number of aryl methyl sites for hydroxylation is 1. The first-order valence-corrected chi connectivity index (χ1v) is 8.52. The van der Waals surface area contributed by atoms with Crippen LogP contribution in [0.25, 0.3) is 11.0 Å². The van der Waals surface area contributed by atoms with E-state index < -0.39 is 0 Å². The molecule has 6 nitrogen and oxygen atoms in total. The maximum Gasteiger partial charge on any atom is 0.164 e. The molecule has 0 aromatic carbocycles. The normalized spacial score (nSPS) is 13.0. The molecule has 0 bridgehead atoms. The van der Waals surface area contributed by atoms with Gasteiger partial charge < -0.3 is 10.2 Å². The van der Waals surface area contributed by atoms with Crippen LogP contribution in [0.4, 0.5) is 5.82 Å². The Labute approximate surface area is 141 Å². The zero-order chi connectivity index (χ0) is 15.7. The van der Waals surface area contributed by atoms with Gasteiger partial charge in [-0.05, 0) is 41.5 Å². The SMILES string of the molecule is CN(C)C(CNc1ncnc2c1c(Br)nn2C)c1cccs1. The quantitative estimate of drug-likeness (QED) is 0.737. The van der Waals surface area contributed by atoms with E-state index in [1.807, 2.05) is 7.05 Å². The number of halogens is 1. The summed E-state index contributed by atoms with van der Waals surface area (Å²) in [7, 11) is 6.04. The van der Waals surface area contributed by atoms with Gasteiger partial charge in [-0.1, -0.05) is 6.07 Å². The number of aromatic nitrogens is 4. The monoisotopic (exact) mass is 380 g/mol. The van der Waals surface area contributed by atoms with E-state index in [0.29, 0.717) is 6.04 Å². The van der Waals surface area contributed by atoms with Crippen LogP contribution < -0.4 is 5.32 Å². The van der Waals surface area contributed by atoms with Gasteiger partial charge in [0.15, 0.2) is 5.65 Å². The molecule has 1 unspecified atom stereocenters. The summed E-state index contributed by atoms with van der Waals surface area (Å²) in [5, 5.41) is 10.8. The van der Waals surface area contributed by atoms with E-state index in [1.54, 1.807) is 22.3 Å². The Morgan fingerprint density at radius 2 is 2.23 bits per heavy atom. The molecular weight excluding hydrogens is 364 g/mol. The fourth-order valence-electron chi connectivity index (χ4n) is 2.39. The Balaban J connectivity index is 1.87. The molecule has 3 aromatic heterocycles. The van der Waals surface area contributed by atoms with Crippen molar-refractivity contribution in [2.75, 3.05) is 26.0 Å². The molecule has 1 atom stereocenters. The molecule has 3 rings (SSSR count). The second-order valence-electron chi connectivity index (χ2n) is 5.21. The van der Waals surface area contributed by atoms with Crippen molar-refractivity contribution < 1.29 is 0 Å². The molecule has 0 saturated carbocycles. The number of likely N-dealkylation sites (N-methyl/N-ethyl adjacent to an activating group) is 1. The highest BCUT2D eigenvalue weighted by atomic mass is 79.9. The highest BCUT2D eigenvalue weighted by Crippen LogP contribution is 2.28. The molecule has 22 heavy (non-hydrogen) atoms. The summed E-state index contributed by atoms with van der Waals surface area (Å²) in [5.41, 5.74) is 0.807. The first-order chi connectivity index (χ1) is 10.6. The minimum absolute atomic E-state index is 0.292. The van der Waals surface area contributed by atoms with E-state index in [1.165, 1.54) is 4.88 Å². The van der Waals surface area contributed by atoms with Crippen LogP contribution in [-0.4, -0.2) is 45.3 Å². The second-order valence-corrected chi connectivity index (χ2v) is 6.94. The molecule has 8 heteroatoms. The number of anilines is 1. The number of nitrogens with zero attached hydrogens (tertiary/aromatic N) is 5. The lowest BCUT2D eigenvalue weighted by Crippen LogP contribution is -2.26. The molecular formula is C14H17BrN6S. The van der Waals surface area contributed by atoms with Crippen molar-refractivity contribution in [2.24, 2.45) is 7.05 Å². The van der Waals surface area contributed by atoms with Gasteiger partial charge in [-0.15, -0.1) is 11.3 Å². The maximum atomic E-state index is 4.37. The zero-order valence-corrected chi connectivity index (χ0v) is 15.0. The molecule has 0 amide bonds. The van der Waals surface area contributed by atoms with Crippen molar-refractivity contribution in [3.8, 4) is 0 Å². The van der Waals surface area contributed by atoms with Crippen molar-refractivity contribution in [3.05, 3.63) is 33.3 Å². The third-order valence-electron chi connectivity index (χ3n) is 3.54. The molecule has 1 N–H and O–H groups in total. The Kier molecular flexibility index (Phi) is 4.42. The van der Waals surface area contributed by atoms with E-state index in [9.17, 15) is 0 Å². The molecule has 3 heterocycles. The van der Waals surface area contributed by atoms with Crippen molar-refractivity contribution >= 4 is 44.1 Å². The van der Waals surface area contributed by atoms with Crippen LogP contribution in [0.2, 0.25) is 0 Å². The highest BCUT2D eigenvalue weighted by Gasteiger charge is 2.18. The smallest absolute Gasteiger partial charge is 0.164 e. The van der Waals surface area contributed by atoms with Gasteiger partial charge in [0.25, 0.3) is 0 Å². The summed E-state index contributed by atoms with van der Waals surface area (Å²) < 4.78 is 2.50. The van der Waals surface area contributed by atoms with Crippen molar-refractivity contribution in [2.45, 2.75) is 6.04 Å². The number of hydrogen-bond acceptors (Lipinski definition) is 6. The zero-order valence-electron chi connectivity index (χ0n) is 12.6. The van der Waals surface area contributed by atoms with Crippen LogP contribution in [-0.2, 0) is 7.05 Å². The number of hydrogen-bond donors (Lipinski definition) is 1. The molecule has 0 aliphatic heterocycles. The first kappa shape index (κ1) is 15.4. The third kappa shape index (κ3) is 2.86. The predicted octanol–water partition coefficient (Wildman–Crippen LogP) is 2.90. The maximum absolute atomic E-state index is 4.37. The first-order valence-electron chi connectivity index (χ1n) is 6.85. The topological polar surface area (TPSA) is 58.9 Å². The van der Waals surface area contributed by atoms with Crippen LogP contribution in [0.1, 0.15) is 10.9 Å². The highest BCUT2D eigenvalue weighted by molar-refractivity contribution is 9.10. The van der Waals surface area contributed by atoms with Crippen LogP contribution in [0, 0.1) is 0 Å². The standard InChI is InChI=1S/C14H17BrN6S/c1-20(2)9(10-5-4-6-22-10)7-16-13-11-12(15)19-21(3)14(11)18-8-17-13/h4-6,8-9H,7H2,1-3H3,(H,16,17,18). The molecule has 0 spiro atoms. The molecule has 0 fully saturated rings. The van der Waals surface area contributed by atoms with Crippen molar-refractivity contribution in [3.63, 3.8) is 0 Å². The molecule has 0 saturated heterocycles. The largest absolute Gasteiger partial charge is 0.367 e. The second kappa shape index (κ2) is 6.31. The van der Waals surface area contributed by atoms with Crippen molar-refractivity contribution in [1.29, 1.82) is 0 Å². The molecule has 116 valence electrons. The minimum Gasteiger partial charge on any atom is -0.367 e. The van der Waals surface area contributed by atoms with Gasteiger partial charge in [0, 0.05) is 18.5 Å². The number of nitrogens with one attached hydrogen (secondary N) is 1. The van der Waals surface area contributed by atoms with E-state index >= 15 is 0 Å². The number of rotatable bonds is 5. The van der Waals surface area contributed by atoms with Crippen LogP contribution in [0.5, 0.6) is 0 Å². The lowest BCUT2D eigenvalue weighted by molar-refractivity contribution is 0.316. The van der Waals surface area contributed by atoms with E-state index in [4.69, 9.17) is 0 Å². The Bertz CT molecular complexity index is 767. The third-order valence-corrected chi connectivity index (χ3v) is 5.06. The van der Waals surface area contributed by atoms with Crippen LogP contribution >= 0.6 is 27.3 Å². The molecule has 0 aliphatic carbocycles. The average molecular weight is 381 g/mol.